The highest BCUT2D eigenvalue weighted by molar-refractivity contribution is 5.84. The van der Waals surface area contributed by atoms with Gasteiger partial charge in [-0.15, -0.1) is 0 Å². The SMILES string of the molecule is CC(C)N1CCC(NCCC(C)(C)C)C1=O. The molecule has 0 aromatic carbocycles. The molecule has 0 radical (unpaired) electrons. The lowest BCUT2D eigenvalue weighted by Crippen LogP contribution is -2.41. The third-order valence-electron chi connectivity index (χ3n) is 3.13. The van der Waals surface area contributed by atoms with Crippen molar-refractivity contribution >= 4 is 5.91 Å². The van der Waals surface area contributed by atoms with Crippen molar-refractivity contribution in [3.05, 3.63) is 0 Å². The third kappa shape index (κ3) is 3.78. The molecule has 1 unspecified atom stereocenters. The van der Waals surface area contributed by atoms with Crippen LogP contribution in [0.25, 0.3) is 0 Å². The van der Waals surface area contributed by atoms with E-state index in [-0.39, 0.29) is 11.9 Å². The van der Waals surface area contributed by atoms with Crippen LogP contribution in [0.3, 0.4) is 0 Å². The zero-order valence-corrected chi connectivity index (χ0v) is 11.3. The Labute approximate surface area is 99.6 Å². The Morgan fingerprint density at radius 1 is 1.44 bits per heavy atom. The molecule has 0 aliphatic carbocycles. The summed E-state index contributed by atoms with van der Waals surface area (Å²) in [6, 6.07) is 0.395. The van der Waals surface area contributed by atoms with E-state index in [1.165, 1.54) is 0 Å². The summed E-state index contributed by atoms with van der Waals surface area (Å²) in [5.74, 6) is 0.281. The van der Waals surface area contributed by atoms with Crippen LogP contribution in [0, 0.1) is 5.41 Å². The fourth-order valence-corrected chi connectivity index (χ4v) is 2.03. The van der Waals surface area contributed by atoms with E-state index in [1.807, 2.05) is 4.90 Å². The van der Waals surface area contributed by atoms with Crippen LogP contribution in [0.1, 0.15) is 47.5 Å². The van der Waals surface area contributed by atoms with Crippen molar-refractivity contribution in [3.8, 4) is 0 Å². The van der Waals surface area contributed by atoms with Crippen molar-refractivity contribution in [2.75, 3.05) is 13.1 Å². The summed E-state index contributed by atoms with van der Waals surface area (Å²) in [5, 5.41) is 3.38. The van der Waals surface area contributed by atoms with E-state index in [2.05, 4.69) is 39.9 Å². The Balaban J connectivity index is 2.32. The van der Waals surface area contributed by atoms with Crippen molar-refractivity contribution in [2.24, 2.45) is 5.41 Å². The van der Waals surface area contributed by atoms with E-state index >= 15 is 0 Å². The van der Waals surface area contributed by atoms with Crippen LogP contribution in [0.4, 0.5) is 0 Å². The lowest BCUT2D eigenvalue weighted by Gasteiger charge is -2.22. The minimum Gasteiger partial charge on any atom is -0.339 e. The predicted octanol–water partition coefficient (Wildman–Crippen LogP) is 2.02. The molecule has 0 aromatic heterocycles. The van der Waals surface area contributed by atoms with E-state index in [9.17, 15) is 4.79 Å². The van der Waals surface area contributed by atoms with Crippen molar-refractivity contribution in [1.82, 2.24) is 10.2 Å². The summed E-state index contributed by atoms with van der Waals surface area (Å²) in [6.45, 7) is 12.7. The van der Waals surface area contributed by atoms with E-state index in [1.54, 1.807) is 0 Å². The zero-order valence-electron chi connectivity index (χ0n) is 11.3. The molecule has 0 bridgehead atoms. The molecule has 94 valence electrons. The second-order valence-corrected chi connectivity index (χ2v) is 6.23. The van der Waals surface area contributed by atoms with Gasteiger partial charge < -0.3 is 10.2 Å². The van der Waals surface area contributed by atoms with Gasteiger partial charge in [-0.25, -0.2) is 0 Å². The molecule has 0 aromatic rings. The van der Waals surface area contributed by atoms with Gasteiger partial charge >= 0.3 is 0 Å². The highest BCUT2D eigenvalue weighted by Crippen LogP contribution is 2.18. The molecule has 1 N–H and O–H groups in total. The molecule has 1 atom stereocenters. The quantitative estimate of drug-likeness (QED) is 0.795. The molecule has 1 aliphatic rings. The maximum absolute atomic E-state index is 12.0. The summed E-state index contributed by atoms with van der Waals surface area (Å²) < 4.78 is 0. The van der Waals surface area contributed by atoms with Crippen molar-refractivity contribution < 1.29 is 4.79 Å². The number of amides is 1. The van der Waals surface area contributed by atoms with Crippen LogP contribution in [-0.4, -0.2) is 36.0 Å². The van der Waals surface area contributed by atoms with Gasteiger partial charge in [0.25, 0.3) is 0 Å². The largest absolute Gasteiger partial charge is 0.339 e. The third-order valence-corrected chi connectivity index (χ3v) is 3.13. The first kappa shape index (κ1) is 13.5. The zero-order chi connectivity index (χ0) is 12.3. The Hall–Kier alpha value is -0.570. The monoisotopic (exact) mass is 226 g/mol. The second kappa shape index (κ2) is 5.17. The van der Waals surface area contributed by atoms with Crippen LogP contribution in [0.2, 0.25) is 0 Å². The number of carbonyl (C=O) groups excluding carboxylic acids is 1. The van der Waals surface area contributed by atoms with Gasteiger partial charge in [0.15, 0.2) is 0 Å². The molecule has 1 rings (SSSR count). The summed E-state index contributed by atoms with van der Waals surface area (Å²) in [6.07, 6.45) is 2.07. The molecular weight excluding hydrogens is 200 g/mol. The molecular formula is C13H26N2O. The Kier molecular flexibility index (Phi) is 4.36. The number of nitrogens with zero attached hydrogens (tertiary/aromatic N) is 1. The summed E-state index contributed by atoms with van der Waals surface area (Å²) >= 11 is 0. The molecule has 3 heteroatoms. The average Bonchev–Trinajstić information content (AvgIpc) is 2.46. The molecule has 0 saturated carbocycles. The average molecular weight is 226 g/mol. The minimum atomic E-state index is 0.0600. The second-order valence-electron chi connectivity index (χ2n) is 6.23. The Morgan fingerprint density at radius 3 is 2.50 bits per heavy atom. The molecule has 1 fully saturated rings. The minimum absolute atomic E-state index is 0.0600. The van der Waals surface area contributed by atoms with Crippen LogP contribution < -0.4 is 5.32 Å². The smallest absolute Gasteiger partial charge is 0.240 e. The standard InChI is InChI=1S/C13H26N2O/c1-10(2)15-9-6-11(12(15)16)14-8-7-13(3,4)5/h10-11,14H,6-9H2,1-5H3. The summed E-state index contributed by atoms with van der Waals surface area (Å²) in [5.41, 5.74) is 0.340. The summed E-state index contributed by atoms with van der Waals surface area (Å²) in [4.78, 5) is 13.9. The number of nitrogens with one attached hydrogen (secondary N) is 1. The van der Waals surface area contributed by atoms with Crippen LogP contribution in [-0.2, 0) is 4.79 Å². The molecule has 3 nitrogen and oxygen atoms in total. The Bertz CT molecular complexity index is 243. The molecule has 0 spiro atoms. The first-order chi connectivity index (χ1) is 7.31. The van der Waals surface area contributed by atoms with Gasteiger partial charge in [0, 0.05) is 12.6 Å². The number of likely N-dealkylation sites (tertiary alicyclic amines) is 1. The Morgan fingerprint density at radius 2 is 2.06 bits per heavy atom. The van der Waals surface area contributed by atoms with Crippen molar-refractivity contribution in [2.45, 2.75) is 59.5 Å². The molecule has 1 amide bonds. The number of carbonyl (C=O) groups is 1. The maximum Gasteiger partial charge on any atom is 0.240 e. The van der Waals surface area contributed by atoms with Gasteiger partial charge in [-0.1, -0.05) is 20.8 Å². The van der Waals surface area contributed by atoms with Crippen LogP contribution in [0.5, 0.6) is 0 Å². The topological polar surface area (TPSA) is 32.3 Å². The van der Waals surface area contributed by atoms with Gasteiger partial charge in [-0.2, -0.15) is 0 Å². The lowest BCUT2D eigenvalue weighted by molar-refractivity contribution is -0.130. The molecule has 1 saturated heterocycles. The van der Waals surface area contributed by atoms with Crippen LogP contribution in [0.15, 0.2) is 0 Å². The highest BCUT2D eigenvalue weighted by Gasteiger charge is 2.32. The van der Waals surface area contributed by atoms with Crippen LogP contribution >= 0.6 is 0 Å². The first-order valence-corrected chi connectivity index (χ1v) is 6.35. The summed E-state index contributed by atoms with van der Waals surface area (Å²) in [7, 11) is 0. The van der Waals surface area contributed by atoms with Gasteiger partial charge in [0.1, 0.15) is 0 Å². The van der Waals surface area contributed by atoms with E-state index < -0.39 is 0 Å². The van der Waals surface area contributed by atoms with Gasteiger partial charge in [-0.3, -0.25) is 4.79 Å². The fraction of sp³-hybridized carbons (Fsp3) is 0.923. The predicted molar refractivity (Wildman–Crippen MR) is 67.3 cm³/mol. The number of hydrogen-bond acceptors (Lipinski definition) is 2. The molecule has 16 heavy (non-hydrogen) atoms. The molecule has 1 heterocycles. The van der Waals surface area contributed by atoms with Gasteiger partial charge in [0.05, 0.1) is 6.04 Å². The first-order valence-electron chi connectivity index (χ1n) is 6.35. The van der Waals surface area contributed by atoms with Crippen molar-refractivity contribution in [1.29, 1.82) is 0 Å². The molecule has 1 aliphatic heterocycles. The maximum atomic E-state index is 12.0. The number of hydrogen-bond donors (Lipinski definition) is 1. The normalized spacial score (nSPS) is 22.2. The van der Waals surface area contributed by atoms with E-state index in [4.69, 9.17) is 0 Å². The fourth-order valence-electron chi connectivity index (χ4n) is 2.03. The van der Waals surface area contributed by atoms with Crippen molar-refractivity contribution in [3.63, 3.8) is 0 Å². The van der Waals surface area contributed by atoms with E-state index in [0.29, 0.717) is 11.5 Å². The lowest BCUT2D eigenvalue weighted by atomic mass is 9.92. The van der Waals surface area contributed by atoms with Gasteiger partial charge in [-0.05, 0) is 38.6 Å². The van der Waals surface area contributed by atoms with E-state index in [0.717, 1.165) is 25.9 Å². The van der Waals surface area contributed by atoms with Gasteiger partial charge in [0.2, 0.25) is 5.91 Å². The highest BCUT2D eigenvalue weighted by atomic mass is 16.2. The number of rotatable bonds is 4.